The lowest BCUT2D eigenvalue weighted by atomic mass is 9.79. The van der Waals surface area contributed by atoms with E-state index in [0.717, 1.165) is 11.8 Å². The van der Waals surface area contributed by atoms with Gasteiger partial charge in [0.15, 0.2) is 0 Å². The molecule has 2 atom stereocenters. The molecule has 72 valence electrons. The lowest BCUT2D eigenvalue weighted by molar-refractivity contribution is 0.211. The van der Waals surface area contributed by atoms with Gasteiger partial charge in [-0.15, -0.1) is 0 Å². The summed E-state index contributed by atoms with van der Waals surface area (Å²) in [5.41, 5.74) is 1.51. The number of fused-ring (bicyclic) bond motifs is 2. The summed E-state index contributed by atoms with van der Waals surface area (Å²) in [5.74, 6) is 1.51. The van der Waals surface area contributed by atoms with Crippen molar-refractivity contribution in [1.29, 1.82) is 0 Å². The van der Waals surface area contributed by atoms with Gasteiger partial charge in [-0.3, -0.25) is 0 Å². The number of nitrogens with zero attached hydrogens (tertiary/aromatic N) is 1. The summed E-state index contributed by atoms with van der Waals surface area (Å²) in [7, 11) is 0. The molecular weight excluding hydrogens is 170 g/mol. The van der Waals surface area contributed by atoms with Gasteiger partial charge in [0.2, 0.25) is 0 Å². The highest BCUT2D eigenvalue weighted by molar-refractivity contribution is 5.25. The average Bonchev–Trinajstić information content (AvgIpc) is 2.32. The minimum absolute atomic E-state index is 0.731. The third-order valence-corrected chi connectivity index (χ3v) is 3.47. The van der Waals surface area contributed by atoms with Crippen molar-refractivity contribution in [3.63, 3.8) is 0 Å². The molecule has 0 radical (unpaired) electrons. The summed E-state index contributed by atoms with van der Waals surface area (Å²) in [6, 6.07) is 10.9. The summed E-state index contributed by atoms with van der Waals surface area (Å²) in [6.45, 7) is 2.47. The third-order valence-electron chi connectivity index (χ3n) is 3.47. The molecular formula is C13H15N. The SMILES string of the molecule is C1=CN2CC[C@H]1[C@H](c1ccccc1)C2. The van der Waals surface area contributed by atoms with E-state index < -0.39 is 0 Å². The fourth-order valence-corrected chi connectivity index (χ4v) is 2.65. The molecule has 1 heteroatoms. The number of hydrogen-bond acceptors (Lipinski definition) is 1. The van der Waals surface area contributed by atoms with Crippen LogP contribution in [-0.2, 0) is 0 Å². The molecule has 0 spiro atoms. The highest BCUT2D eigenvalue weighted by atomic mass is 15.1. The van der Waals surface area contributed by atoms with E-state index in [2.05, 4.69) is 47.5 Å². The van der Waals surface area contributed by atoms with E-state index >= 15 is 0 Å². The molecule has 3 heterocycles. The van der Waals surface area contributed by atoms with E-state index in [0.29, 0.717) is 0 Å². The van der Waals surface area contributed by atoms with Crippen LogP contribution in [0.5, 0.6) is 0 Å². The van der Waals surface area contributed by atoms with Crippen LogP contribution in [0.4, 0.5) is 0 Å². The lowest BCUT2D eigenvalue weighted by Crippen LogP contribution is -2.39. The zero-order chi connectivity index (χ0) is 9.38. The molecule has 0 aromatic heterocycles. The van der Waals surface area contributed by atoms with E-state index in [9.17, 15) is 0 Å². The van der Waals surface area contributed by atoms with Crippen molar-refractivity contribution in [3.05, 3.63) is 48.2 Å². The van der Waals surface area contributed by atoms with Crippen LogP contribution in [-0.4, -0.2) is 18.0 Å². The van der Waals surface area contributed by atoms with Crippen LogP contribution < -0.4 is 0 Å². The second kappa shape index (κ2) is 3.16. The highest BCUT2D eigenvalue weighted by Crippen LogP contribution is 2.36. The molecule has 3 aliphatic rings. The van der Waals surface area contributed by atoms with Crippen molar-refractivity contribution < 1.29 is 0 Å². The van der Waals surface area contributed by atoms with E-state index in [1.54, 1.807) is 0 Å². The minimum atomic E-state index is 0.731. The Hall–Kier alpha value is -1.24. The van der Waals surface area contributed by atoms with Gasteiger partial charge >= 0.3 is 0 Å². The number of benzene rings is 1. The van der Waals surface area contributed by atoms with E-state index in [-0.39, 0.29) is 0 Å². The van der Waals surface area contributed by atoms with Crippen LogP contribution in [0.1, 0.15) is 17.9 Å². The zero-order valence-corrected chi connectivity index (χ0v) is 8.26. The first-order chi connectivity index (χ1) is 6.93. The van der Waals surface area contributed by atoms with Gasteiger partial charge in [-0.25, -0.2) is 0 Å². The van der Waals surface area contributed by atoms with Gasteiger partial charge in [0.05, 0.1) is 0 Å². The highest BCUT2D eigenvalue weighted by Gasteiger charge is 2.30. The molecule has 3 aliphatic heterocycles. The Kier molecular flexibility index (Phi) is 1.83. The Morgan fingerprint density at radius 3 is 2.57 bits per heavy atom. The molecule has 0 unspecified atom stereocenters. The zero-order valence-electron chi connectivity index (χ0n) is 8.26. The Balaban J connectivity index is 1.91. The molecule has 1 saturated heterocycles. The first kappa shape index (κ1) is 8.10. The standard InChI is InChI=1S/C13H15N/c1-2-4-11(5-3-1)13-10-14-8-6-12(13)7-9-14/h1-6,8,12-13H,7,9-10H2/t12-,13-/m0/s1. The van der Waals surface area contributed by atoms with E-state index in [4.69, 9.17) is 0 Å². The van der Waals surface area contributed by atoms with E-state index in [1.807, 2.05) is 0 Å². The van der Waals surface area contributed by atoms with Crippen molar-refractivity contribution in [3.8, 4) is 0 Å². The first-order valence-electron chi connectivity index (χ1n) is 5.41. The molecule has 1 fully saturated rings. The predicted molar refractivity (Wildman–Crippen MR) is 58.0 cm³/mol. The number of allylic oxidation sites excluding steroid dienone is 1. The van der Waals surface area contributed by atoms with Crippen LogP contribution in [0, 0.1) is 5.92 Å². The van der Waals surface area contributed by atoms with Gasteiger partial charge in [0.1, 0.15) is 0 Å². The van der Waals surface area contributed by atoms with Gasteiger partial charge in [-0.1, -0.05) is 36.4 Å². The molecule has 4 rings (SSSR count). The maximum absolute atomic E-state index is 2.44. The third kappa shape index (κ3) is 1.24. The van der Waals surface area contributed by atoms with Crippen LogP contribution in [0.3, 0.4) is 0 Å². The van der Waals surface area contributed by atoms with Crippen molar-refractivity contribution in [2.24, 2.45) is 5.92 Å². The minimum Gasteiger partial charge on any atom is -0.377 e. The molecule has 2 bridgehead atoms. The lowest BCUT2D eigenvalue weighted by Gasteiger charge is -2.41. The van der Waals surface area contributed by atoms with Gasteiger partial charge in [0, 0.05) is 19.0 Å². The van der Waals surface area contributed by atoms with Crippen LogP contribution in [0.2, 0.25) is 0 Å². The Morgan fingerprint density at radius 1 is 1.14 bits per heavy atom. The molecule has 0 saturated carbocycles. The maximum atomic E-state index is 2.44. The van der Waals surface area contributed by atoms with Crippen molar-refractivity contribution in [1.82, 2.24) is 4.90 Å². The monoisotopic (exact) mass is 185 g/mol. The van der Waals surface area contributed by atoms with Gasteiger partial charge in [-0.2, -0.15) is 0 Å². The second-order valence-corrected chi connectivity index (χ2v) is 4.31. The predicted octanol–water partition coefficient (Wildman–Crippen LogP) is 2.62. The summed E-state index contributed by atoms with van der Waals surface area (Å²) in [6.07, 6.45) is 5.98. The summed E-state index contributed by atoms with van der Waals surface area (Å²) < 4.78 is 0. The van der Waals surface area contributed by atoms with E-state index in [1.165, 1.54) is 25.1 Å². The van der Waals surface area contributed by atoms with Crippen molar-refractivity contribution in [2.45, 2.75) is 12.3 Å². The van der Waals surface area contributed by atoms with Gasteiger partial charge < -0.3 is 4.90 Å². The van der Waals surface area contributed by atoms with Gasteiger partial charge in [-0.05, 0) is 24.1 Å². The van der Waals surface area contributed by atoms with Crippen molar-refractivity contribution >= 4 is 0 Å². The fraction of sp³-hybridized carbons (Fsp3) is 0.385. The average molecular weight is 185 g/mol. The van der Waals surface area contributed by atoms with Crippen LogP contribution in [0.25, 0.3) is 0 Å². The van der Waals surface area contributed by atoms with Crippen LogP contribution in [0.15, 0.2) is 42.6 Å². The molecule has 0 N–H and O–H groups in total. The summed E-state index contributed by atoms with van der Waals surface area (Å²) in [4.78, 5) is 2.44. The smallest absolute Gasteiger partial charge is 0.0246 e. The number of hydrogen-bond donors (Lipinski definition) is 0. The molecule has 14 heavy (non-hydrogen) atoms. The Labute approximate surface area is 85.0 Å². The molecule has 1 aromatic carbocycles. The van der Waals surface area contributed by atoms with Crippen LogP contribution >= 0.6 is 0 Å². The summed E-state index contributed by atoms with van der Waals surface area (Å²) in [5, 5.41) is 0. The molecule has 0 aliphatic carbocycles. The number of piperidine rings is 1. The molecule has 0 amide bonds. The summed E-state index contributed by atoms with van der Waals surface area (Å²) >= 11 is 0. The van der Waals surface area contributed by atoms with Crippen molar-refractivity contribution in [2.75, 3.05) is 13.1 Å². The van der Waals surface area contributed by atoms with Gasteiger partial charge in [0.25, 0.3) is 0 Å². The Morgan fingerprint density at radius 2 is 2.00 bits per heavy atom. The fourth-order valence-electron chi connectivity index (χ4n) is 2.65. The number of rotatable bonds is 1. The quantitative estimate of drug-likeness (QED) is 0.650. The Bertz CT molecular complexity index is 342. The molecule has 1 nitrogen and oxygen atoms in total. The normalized spacial score (nSPS) is 29.6. The first-order valence-corrected chi connectivity index (χ1v) is 5.41. The topological polar surface area (TPSA) is 3.24 Å². The maximum Gasteiger partial charge on any atom is 0.0246 e. The largest absolute Gasteiger partial charge is 0.377 e. The molecule has 1 aromatic rings. The second-order valence-electron chi connectivity index (χ2n) is 4.31.